The van der Waals surface area contributed by atoms with Gasteiger partial charge in [0.25, 0.3) is 0 Å². The number of aliphatic imine (C=N–C) groups is 1. The second-order valence-corrected chi connectivity index (χ2v) is 13.6. The van der Waals surface area contributed by atoms with E-state index in [0.717, 1.165) is 47.3 Å². The monoisotopic (exact) mass is 536 g/mol. The largest absolute Gasteiger partial charge is 0.493 e. The average Bonchev–Trinajstić information content (AvgIpc) is 3.20. The first-order valence-corrected chi connectivity index (χ1v) is 14.7. The lowest BCUT2D eigenvalue weighted by Gasteiger charge is -2.18. The first-order valence-electron chi connectivity index (χ1n) is 14.7. The van der Waals surface area contributed by atoms with Gasteiger partial charge in [-0.2, -0.15) is 0 Å². The number of carbonyl (C=O) groups excluding carboxylic acids is 1. The third-order valence-corrected chi connectivity index (χ3v) is 8.44. The Morgan fingerprint density at radius 1 is 1.07 bits per heavy atom. The highest BCUT2D eigenvalue weighted by atomic mass is 16.5. The number of rotatable bonds is 10. The minimum absolute atomic E-state index is 0.118. The Bertz CT molecular complexity index is 1480. The zero-order valence-corrected chi connectivity index (χ0v) is 24.4. The van der Waals surface area contributed by atoms with Gasteiger partial charge in [0, 0.05) is 41.4 Å². The molecular formula is C35H40N2O3. The summed E-state index contributed by atoms with van der Waals surface area (Å²) in [4.78, 5) is 17.7. The van der Waals surface area contributed by atoms with Gasteiger partial charge in [-0.15, -0.1) is 0 Å². The Morgan fingerprint density at radius 3 is 2.52 bits per heavy atom. The molecule has 40 heavy (non-hydrogen) atoms. The molecule has 1 atom stereocenters. The Hall–Kier alpha value is -3.47. The van der Waals surface area contributed by atoms with Crippen LogP contribution in [0.25, 0.3) is 5.70 Å². The molecule has 0 N–H and O–H groups in total. The summed E-state index contributed by atoms with van der Waals surface area (Å²) < 4.78 is 11.7. The second kappa shape index (κ2) is 10.2. The van der Waals surface area contributed by atoms with Crippen molar-refractivity contribution in [2.75, 3.05) is 6.61 Å². The first-order chi connectivity index (χ1) is 19.1. The number of hydrogen-bond acceptors (Lipinski definition) is 5. The summed E-state index contributed by atoms with van der Waals surface area (Å²) in [7, 11) is 0. The standard InChI is InChI=1S/C35H40N2O3/c1-22(2)20-35(12-13-35)21-39-28-10-11-29-25(15-28)16-32-30(29)19-31(36-32)24-8-6-23(7-9-24)14-27(38)17-26-18-33(40-37-26)34(3,4)5/h6-11,15,18-19,22,30H,12-14,16-17,20-21H2,1-5H3. The maximum Gasteiger partial charge on any atom is 0.143 e. The molecule has 0 spiro atoms. The number of fused-ring (bicyclic) bond motifs is 3. The third-order valence-electron chi connectivity index (χ3n) is 8.44. The smallest absolute Gasteiger partial charge is 0.143 e. The predicted molar refractivity (Wildman–Crippen MR) is 159 cm³/mol. The topological polar surface area (TPSA) is 64.7 Å². The van der Waals surface area contributed by atoms with Gasteiger partial charge < -0.3 is 9.26 Å². The zero-order chi connectivity index (χ0) is 28.1. The molecular weight excluding hydrogens is 496 g/mol. The molecule has 1 saturated carbocycles. The molecule has 1 aromatic heterocycles. The van der Waals surface area contributed by atoms with Crippen molar-refractivity contribution >= 4 is 17.2 Å². The van der Waals surface area contributed by atoms with Gasteiger partial charge in [0.15, 0.2) is 0 Å². The summed E-state index contributed by atoms with van der Waals surface area (Å²) >= 11 is 0. The van der Waals surface area contributed by atoms with Crippen molar-refractivity contribution in [3.05, 3.63) is 88.3 Å². The van der Waals surface area contributed by atoms with Crippen LogP contribution in [0, 0.1) is 11.3 Å². The number of benzene rings is 2. The number of Topliss-reactive ketones (excluding diaryl/α,β-unsaturated/α-hetero) is 1. The summed E-state index contributed by atoms with van der Waals surface area (Å²) in [6.45, 7) is 11.6. The van der Waals surface area contributed by atoms with Gasteiger partial charge in [-0.25, -0.2) is 0 Å². The summed E-state index contributed by atoms with van der Waals surface area (Å²) in [5.74, 6) is 2.88. The number of carbonyl (C=O) groups is 1. The van der Waals surface area contributed by atoms with E-state index in [1.807, 2.05) is 18.2 Å². The number of allylic oxidation sites excluding steroid dienone is 1. The van der Waals surface area contributed by atoms with Crippen molar-refractivity contribution in [2.45, 2.75) is 84.5 Å². The van der Waals surface area contributed by atoms with Crippen LogP contribution in [0.2, 0.25) is 0 Å². The highest BCUT2D eigenvalue weighted by Gasteiger charge is 2.43. The Morgan fingerprint density at radius 2 is 1.85 bits per heavy atom. The van der Waals surface area contributed by atoms with Crippen molar-refractivity contribution in [2.24, 2.45) is 16.3 Å². The van der Waals surface area contributed by atoms with Gasteiger partial charge in [0.05, 0.1) is 24.4 Å². The number of hydrogen-bond donors (Lipinski definition) is 0. The molecule has 0 bridgehead atoms. The van der Waals surface area contributed by atoms with Crippen molar-refractivity contribution in [1.29, 1.82) is 0 Å². The number of ketones is 1. The van der Waals surface area contributed by atoms with Crippen LogP contribution in [-0.4, -0.2) is 23.3 Å². The molecule has 1 aliphatic heterocycles. The highest BCUT2D eigenvalue weighted by molar-refractivity contribution is 6.05. The van der Waals surface area contributed by atoms with Crippen LogP contribution >= 0.6 is 0 Å². The summed E-state index contributed by atoms with van der Waals surface area (Å²) in [5, 5.41) is 4.08. The molecule has 2 aromatic carbocycles. The fourth-order valence-electron chi connectivity index (χ4n) is 6.14. The Labute approximate surface area is 237 Å². The summed E-state index contributed by atoms with van der Waals surface area (Å²) in [6.07, 6.45) is 7.66. The molecule has 2 heterocycles. The van der Waals surface area contributed by atoms with Gasteiger partial charge in [0.1, 0.15) is 17.3 Å². The van der Waals surface area contributed by atoms with E-state index < -0.39 is 0 Å². The van der Waals surface area contributed by atoms with Crippen LogP contribution < -0.4 is 4.74 Å². The lowest BCUT2D eigenvalue weighted by Crippen LogP contribution is -2.15. The minimum atomic E-state index is -0.118. The number of ether oxygens (including phenoxy) is 1. The lowest BCUT2D eigenvalue weighted by atomic mass is 9.93. The quantitative estimate of drug-likeness (QED) is 0.267. The molecule has 0 amide bonds. The van der Waals surface area contributed by atoms with Crippen LogP contribution in [-0.2, 0) is 29.5 Å². The Kier molecular flexibility index (Phi) is 6.80. The summed E-state index contributed by atoms with van der Waals surface area (Å²) in [6, 6.07) is 16.7. The molecule has 1 unspecified atom stereocenters. The maximum absolute atomic E-state index is 12.7. The van der Waals surface area contributed by atoms with Crippen molar-refractivity contribution in [3.8, 4) is 5.75 Å². The fourth-order valence-corrected chi connectivity index (χ4v) is 6.14. The second-order valence-electron chi connectivity index (χ2n) is 13.6. The normalized spacial score (nSPS) is 18.8. The van der Waals surface area contributed by atoms with Crippen LogP contribution in [0.5, 0.6) is 5.75 Å². The van der Waals surface area contributed by atoms with Gasteiger partial charge in [0.2, 0.25) is 0 Å². The third kappa shape index (κ3) is 5.70. The van der Waals surface area contributed by atoms with Gasteiger partial charge >= 0.3 is 0 Å². The molecule has 6 rings (SSSR count). The molecule has 3 aliphatic rings. The van der Waals surface area contributed by atoms with E-state index in [2.05, 4.69) is 76.2 Å². The number of nitrogens with zero attached hydrogens (tertiary/aromatic N) is 2. The lowest BCUT2D eigenvalue weighted by molar-refractivity contribution is -0.117. The maximum atomic E-state index is 12.7. The van der Waals surface area contributed by atoms with Crippen LogP contribution in [0.4, 0.5) is 0 Å². The zero-order valence-electron chi connectivity index (χ0n) is 24.4. The van der Waals surface area contributed by atoms with E-state index in [1.165, 1.54) is 36.1 Å². The molecule has 3 aromatic rings. The van der Waals surface area contributed by atoms with Crippen LogP contribution in [0.1, 0.15) is 93.5 Å². The fraction of sp³-hybridized carbons (Fsp3) is 0.457. The number of aromatic nitrogens is 1. The molecule has 1 fully saturated rings. The first kappa shape index (κ1) is 26.7. The van der Waals surface area contributed by atoms with E-state index in [1.54, 1.807) is 0 Å². The highest BCUT2D eigenvalue weighted by Crippen LogP contribution is 2.51. The van der Waals surface area contributed by atoms with E-state index in [9.17, 15) is 4.79 Å². The van der Waals surface area contributed by atoms with Gasteiger partial charge in [-0.05, 0) is 65.6 Å². The van der Waals surface area contributed by atoms with E-state index in [0.29, 0.717) is 17.5 Å². The molecule has 2 aliphatic carbocycles. The van der Waals surface area contributed by atoms with Crippen molar-refractivity contribution < 1.29 is 14.1 Å². The molecule has 208 valence electrons. The Balaban J connectivity index is 1.06. The predicted octanol–water partition coefficient (Wildman–Crippen LogP) is 7.67. The SMILES string of the molecule is CC(C)CC1(COc2ccc3c(c2)CC2=NC(c4ccc(CC(=O)Cc5cc(C(C)(C)C)on5)cc4)=CC23)CC1. The van der Waals surface area contributed by atoms with Crippen LogP contribution in [0.15, 0.2) is 64.1 Å². The van der Waals surface area contributed by atoms with E-state index in [-0.39, 0.29) is 23.5 Å². The van der Waals surface area contributed by atoms with Crippen molar-refractivity contribution in [1.82, 2.24) is 5.16 Å². The molecule has 5 nitrogen and oxygen atoms in total. The average molecular weight is 537 g/mol. The molecule has 0 radical (unpaired) electrons. The van der Waals surface area contributed by atoms with Crippen molar-refractivity contribution in [3.63, 3.8) is 0 Å². The van der Waals surface area contributed by atoms with Gasteiger partial charge in [-0.1, -0.05) is 70.1 Å². The van der Waals surface area contributed by atoms with E-state index >= 15 is 0 Å². The van der Waals surface area contributed by atoms with E-state index in [4.69, 9.17) is 14.3 Å². The minimum Gasteiger partial charge on any atom is -0.493 e. The van der Waals surface area contributed by atoms with Crippen LogP contribution in [0.3, 0.4) is 0 Å². The summed E-state index contributed by atoms with van der Waals surface area (Å²) in [5.41, 5.74) is 7.98. The molecule has 0 saturated heterocycles. The molecule has 5 heteroatoms. The van der Waals surface area contributed by atoms with Gasteiger partial charge in [-0.3, -0.25) is 9.79 Å².